The van der Waals surface area contributed by atoms with E-state index in [4.69, 9.17) is 13.3 Å². The van der Waals surface area contributed by atoms with Crippen LogP contribution in [0.4, 0.5) is 0 Å². The molecule has 1 N–H and O–H groups in total. The average molecular weight is 294 g/mol. The van der Waals surface area contributed by atoms with Crippen molar-refractivity contribution in [1.29, 1.82) is 0 Å². The Bertz CT molecular complexity index is 203. The Hall–Kier alpha value is 0.407. The molecule has 0 aliphatic heterocycles. The molecule has 0 radical (unpaired) electrons. The van der Waals surface area contributed by atoms with Crippen molar-refractivity contribution in [3.05, 3.63) is 0 Å². The van der Waals surface area contributed by atoms with Gasteiger partial charge in [-0.2, -0.15) is 11.8 Å². The summed E-state index contributed by atoms with van der Waals surface area (Å²) in [5, 5.41) is 4.46. The molecular weight excluding hydrogens is 266 g/mol. The van der Waals surface area contributed by atoms with E-state index in [0.717, 1.165) is 23.7 Å². The smallest absolute Gasteiger partial charge is 0.376 e. The highest BCUT2D eigenvalue weighted by atomic mass is 32.2. The Labute approximate surface area is 117 Å². The van der Waals surface area contributed by atoms with Crippen molar-refractivity contribution >= 4 is 20.6 Å². The summed E-state index contributed by atoms with van der Waals surface area (Å²) in [5.74, 6) is 1.08. The summed E-state index contributed by atoms with van der Waals surface area (Å²) in [5.41, 5.74) is 0. The van der Waals surface area contributed by atoms with E-state index in [-0.39, 0.29) is 0 Å². The summed E-state index contributed by atoms with van der Waals surface area (Å²) in [6.45, 7) is 1.07. The number of hydrogen-bond acceptors (Lipinski definition) is 5. The minimum atomic E-state index is -2.37. The summed E-state index contributed by atoms with van der Waals surface area (Å²) < 4.78 is 16.2. The first-order valence-corrected chi connectivity index (χ1v) is 9.81. The number of rotatable bonds is 9. The maximum absolute atomic E-state index is 5.39. The lowest BCUT2D eigenvalue weighted by atomic mass is 9.96. The Kier molecular flexibility index (Phi) is 8.53. The van der Waals surface area contributed by atoms with Crippen LogP contribution in [0.5, 0.6) is 0 Å². The minimum Gasteiger partial charge on any atom is -0.376 e. The maximum atomic E-state index is 5.39. The fourth-order valence-corrected chi connectivity index (χ4v) is 6.02. The third-order valence-corrected chi connectivity index (χ3v) is 8.09. The van der Waals surface area contributed by atoms with Crippen LogP contribution in [-0.4, -0.2) is 53.8 Å². The lowest BCUT2D eigenvalue weighted by Gasteiger charge is -2.25. The van der Waals surface area contributed by atoms with E-state index in [2.05, 4.69) is 5.32 Å². The van der Waals surface area contributed by atoms with Crippen LogP contribution in [0.15, 0.2) is 0 Å². The molecule has 1 aliphatic rings. The molecule has 4 nitrogen and oxygen atoms in total. The van der Waals surface area contributed by atoms with Gasteiger partial charge in [0.1, 0.15) is 0 Å². The third-order valence-electron chi connectivity index (χ3n) is 3.50. The predicted octanol–water partition coefficient (Wildman–Crippen LogP) is 2.06. The second kappa shape index (κ2) is 9.33. The van der Waals surface area contributed by atoms with Gasteiger partial charge in [0.25, 0.3) is 0 Å². The van der Waals surface area contributed by atoms with Gasteiger partial charge in [0, 0.05) is 39.7 Å². The van der Waals surface area contributed by atoms with E-state index >= 15 is 0 Å². The van der Waals surface area contributed by atoms with Gasteiger partial charge in [0.15, 0.2) is 0 Å². The highest BCUT2D eigenvalue weighted by Crippen LogP contribution is 2.18. The van der Waals surface area contributed by atoms with Crippen molar-refractivity contribution in [1.82, 2.24) is 5.32 Å². The molecule has 1 saturated carbocycles. The molecule has 0 aromatic carbocycles. The molecule has 0 bridgehead atoms. The van der Waals surface area contributed by atoms with E-state index < -0.39 is 8.80 Å². The molecule has 6 heteroatoms. The first-order valence-electron chi connectivity index (χ1n) is 6.73. The lowest BCUT2D eigenvalue weighted by molar-refractivity contribution is 0.130. The summed E-state index contributed by atoms with van der Waals surface area (Å²) in [7, 11) is 2.63. The Morgan fingerprint density at radius 2 is 1.67 bits per heavy atom. The topological polar surface area (TPSA) is 39.7 Å². The van der Waals surface area contributed by atoms with E-state index in [1.165, 1.54) is 32.1 Å². The molecule has 1 fully saturated rings. The van der Waals surface area contributed by atoms with Crippen molar-refractivity contribution < 1.29 is 13.3 Å². The van der Waals surface area contributed by atoms with Crippen molar-refractivity contribution in [2.24, 2.45) is 0 Å². The van der Waals surface area contributed by atoms with E-state index in [9.17, 15) is 0 Å². The molecule has 0 amide bonds. The van der Waals surface area contributed by atoms with Gasteiger partial charge < -0.3 is 18.6 Å². The van der Waals surface area contributed by atoms with Gasteiger partial charge in [-0.1, -0.05) is 19.3 Å². The molecule has 108 valence electrons. The summed E-state index contributed by atoms with van der Waals surface area (Å²) >= 11 is 1.85. The fourth-order valence-electron chi connectivity index (χ4n) is 2.27. The number of nitrogens with one attached hydrogen (secondary N) is 1. The van der Waals surface area contributed by atoms with E-state index in [1.807, 2.05) is 11.8 Å². The van der Waals surface area contributed by atoms with Gasteiger partial charge in [-0.15, -0.1) is 0 Å². The second-order valence-corrected chi connectivity index (χ2v) is 9.20. The zero-order valence-corrected chi connectivity index (χ0v) is 13.7. The first-order chi connectivity index (χ1) is 8.76. The van der Waals surface area contributed by atoms with Crippen molar-refractivity contribution in [2.75, 3.05) is 39.0 Å². The van der Waals surface area contributed by atoms with Crippen molar-refractivity contribution in [3.8, 4) is 0 Å². The molecule has 0 unspecified atom stereocenters. The van der Waals surface area contributed by atoms with Crippen LogP contribution in [0.1, 0.15) is 32.1 Å². The molecule has 0 atom stereocenters. The van der Waals surface area contributed by atoms with Gasteiger partial charge in [0.05, 0.1) is 5.38 Å². The van der Waals surface area contributed by atoms with E-state index in [1.54, 1.807) is 21.3 Å². The molecular formula is C12H27NO3SSi. The third kappa shape index (κ3) is 5.58. The highest BCUT2D eigenvalue weighted by molar-refractivity contribution is 8.00. The average Bonchev–Trinajstić information content (AvgIpc) is 2.45. The Morgan fingerprint density at radius 1 is 1.06 bits per heavy atom. The number of hydrogen-bond donors (Lipinski definition) is 1. The van der Waals surface area contributed by atoms with Crippen LogP contribution in [0.3, 0.4) is 0 Å². The normalized spacial score (nSPS) is 18.2. The molecule has 0 aromatic heterocycles. The largest absolute Gasteiger partial charge is 0.510 e. The maximum Gasteiger partial charge on any atom is 0.510 e. The van der Waals surface area contributed by atoms with Gasteiger partial charge in [-0.25, -0.2) is 0 Å². The molecule has 0 heterocycles. The summed E-state index contributed by atoms with van der Waals surface area (Å²) in [4.78, 5) is 0. The van der Waals surface area contributed by atoms with Gasteiger partial charge >= 0.3 is 8.80 Å². The molecule has 0 aromatic rings. The van der Waals surface area contributed by atoms with Crippen molar-refractivity contribution in [3.63, 3.8) is 0 Å². The SMILES string of the molecule is CO[Si](CSCCNC1CCCCC1)(OC)OC. The monoisotopic (exact) mass is 293 g/mol. The highest BCUT2D eigenvalue weighted by Gasteiger charge is 2.37. The zero-order valence-electron chi connectivity index (χ0n) is 11.9. The Morgan fingerprint density at radius 3 is 2.22 bits per heavy atom. The van der Waals surface area contributed by atoms with E-state index in [0.29, 0.717) is 0 Å². The number of thioether (sulfide) groups is 1. The van der Waals surface area contributed by atoms with Crippen LogP contribution in [0, 0.1) is 0 Å². The summed E-state index contributed by atoms with van der Waals surface area (Å²) in [6, 6.07) is 0.744. The first kappa shape index (κ1) is 16.5. The molecule has 1 rings (SSSR count). The van der Waals surface area contributed by atoms with Crippen LogP contribution in [0.2, 0.25) is 0 Å². The Balaban J connectivity index is 2.06. The predicted molar refractivity (Wildman–Crippen MR) is 79.0 cm³/mol. The molecule has 0 spiro atoms. The standard InChI is InChI=1S/C12H27NO3SSi/c1-14-18(15-2,16-3)11-17-10-9-13-12-7-5-4-6-8-12/h12-13H,4-11H2,1-3H3. The van der Waals surface area contributed by atoms with Gasteiger partial charge in [-0.05, 0) is 12.8 Å². The molecule has 0 saturated heterocycles. The van der Waals surface area contributed by atoms with Crippen molar-refractivity contribution in [2.45, 2.75) is 38.1 Å². The van der Waals surface area contributed by atoms with Crippen LogP contribution in [-0.2, 0) is 13.3 Å². The van der Waals surface area contributed by atoms with Gasteiger partial charge in [-0.3, -0.25) is 0 Å². The second-order valence-electron chi connectivity index (χ2n) is 4.64. The molecule has 18 heavy (non-hydrogen) atoms. The lowest BCUT2D eigenvalue weighted by Crippen LogP contribution is -2.46. The molecule has 1 aliphatic carbocycles. The van der Waals surface area contributed by atoms with Gasteiger partial charge in [0.2, 0.25) is 0 Å². The van der Waals surface area contributed by atoms with Crippen LogP contribution < -0.4 is 5.32 Å². The van der Waals surface area contributed by atoms with Crippen LogP contribution >= 0.6 is 11.8 Å². The van der Waals surface area contributed by atoms with Crippen LogP contribution in [0.25, 0.3) is 0 Å². The summed E-state index contributed by atoms with van der Waals surface area (Å²) in [6.07, 6.45) is 6.88. The quantitative estimate of drug-likeness (QED) is 0.520. The minimum absolute atomic E-state index is 0.744. The fraction of sp³-hybridized carbons (Fsp3) is 1.00. The zero-order chi connectivity index (χ0) is 13.3.